The second-order valence-electron chi connectivity index (χ2n) is 3.77. The van der Waals surface area contributed by atoms with Gasteiger partial charge in [0, 0.05) is 18.5 Å². The summed E-state index contributed by atoms with van der Waals surface area (Å²) in [6.07, 6.45) is 0. The van der Waals surface area contributed by atoms with E-state index in [1.165, 1.54) is 22.5 Å². The normalized spacial score (nSPS) is 10.6. The topological polar surface area (TPSA) is 50.9 Å². The number of hydrogen-bond acceptors (Lipinski definition) is 4. The second-order valence-corrected chi connectivity index (χ2v) is 4.66. The summed E-state index contributed by atoms with van der Waals surface area (Å²) >= 11 is 1.48. The maximum Gasteiger partial charge on any atom is 0.180 e. The lowest BCUT2D eigenvalue weighted by molar-refractivity contribution is 0.683. The largest absolute Gasteiger partial charge is 0.375 e. The van der Waals surface area contributed by atoms with Crippen molar-refractivity contribution in [2.24, 2.45) is 0 Å². The molecule has 0 fully saturated rings. The van der Waals surface area contributed by atoms with Gasteiger partial charge >= 0.3 is 0 Å². The Morgan fingerprint density at radius 2 is 2.00 bits per heavy atom. The van der Waals surface area contributed by atoms with E-state index in [2.05, 4.69) is 41.5 Å². The first-order valence-corrected chi connectivity index (χ1v) is 6.08. The first-order chi connectivity index (χ1) is 7.74. The van der Waals surface area contributed by atoms with Gasteiger partial charge in [-0.3, -0.25) is 0 Å². The van der Waals surface area contributed by atoms with Crippen LogP contribution < -0.4 is 11.1 Å². The van der Waals surface area contributed by atoms with Crippen LogP contribution in [0.5, 0.6) is 0 Å². The Labute approximate surface area is 99.3 Å². The summed E-state index contributed by atoms with van der Waals surface area (Å²) in [5.41, 5.74) is 9.14. The summed E-state index contributed by atoms with van der Waals surface area (Å²) in [6, 6.07) is 8.52. The highest BCUT2D eigenvalue weighted by atomic mass is 32.1. The maximum absolute atomic E-state index is 5.56. The number of nitrogen functional groups attached to an aromatic ring is 1. The lowest BCUT2D eigenvalue weighted by atomic mass is 10.1. The maximum atomic E-state index is 5.56. The first kappa shape index (κ1) is 11.1. The van der Waals surface area contributed by atoms with Gasteiger partial charge in [0.1, 0.15) is 0 Å². The van der Waals surface area contributed by atoms with Crippen molar-refractivity contribution < 1.29 is 0 Å². The zero-order valence-electron chi connectivity index (χ0n) is 9.23. The zero-order valence-corrected chi connectivity index (χ0v) is 10.1. The quantitative estimate of drug-likeness (QED) is 0.852. The number of aromatic nitrogens is 1. The van der Waals surface area contributed by atoms with Crippen molar-refractivity contribution in [2.75, 3.05) is 5.73 Å². The van der Waals surface area contributed by atoms with Crippen LogP contribution in [0.4, 0.5) is 5.13 Å². The fourth-order valence-corrected chi connectivity index (χ4v) is 2.01. The van der Waals surface area contributed by atoms with Crippen LogP contribution in [0, 0.1) is 6.92 Å². The average molecular weight is 233 g/mol. The first-order valence-electron chi connectivity index (χ1n) is 5.20. The number of nitrogens with two attached hydrogens (primary N) is 1. The fraction of sp³-hybridized carbons (Fsp3) is 0.250. The molecule has 3 nitrogen and oxygen atoms in total. The number of nitrogens with zero attached hydrogens (tertiary/aromatic N) is 1. The Hall–Kier alpha value is -1.39. The Balaban J connectivity index is 1.82. The third-order valence-corrected chi connectivity index (χ3v) is 3.05. The molecule has 0 saturated heterocycles. The molecule has 1 aromatic heterocycles. The average Bonchev–Trinajstić information content (AvgIpc) is 2.67. The minimum absolute atomic E-state index is 0.632. The Kier molecular flexibility index (Phi) is 3.54. The molecule has 1 heterocycles. The molecule has 0 bridgehead atoms. The summed E-state index contributed by atoms with van der Waals surface area (Å²) in [4.78, 5) is 4.19. The highest BCUT2D eigenvalue weighted by molar-refractivity contribution is 7.13. The molecule has 84 valence electrons. The van der Waals surface area contributed by atoms with Crippen molar-refractivity contribution in [3.63, 3.8) is 0 Å². The second kappa shape index (κ2) is 5.09. The molecule has 1 aromatic carbocycles. The predicted octanol–water partition coefficient (Wildman–Crippen LogP) is 2.32. The number of anilines is 1. The molecule has 2 aromatic rings. The van der Waals surface area contributed by atoms with Gasteiger partial charge in [-0.15, -0.1) is 11.3 Å². The zero-order chi connectivity index (χ0) is 11.4. The van der Waals surface area contributed by atoms with Crippen molar-refractivity contribution in [1.82, 2.24) is 10.3 Å². The highest BCUT2D eigenvalue weighted by Crippen LogP contribution is 2.10. The molecule has 0 spiro atoms. The SMILES string of the molecule is Cc1ccc(CNCc2csc(N)n2)cc1. The standard InChI is InChI=1S/C12H15N3S/c1-9-2-4-10(5-3-9)6-14-7-11-8-16-12(13)15-11/h2-5,8,14H,6-7H2,1H3,(H2,13,15). The van der Waals surface area contributed by atoms with E-state index >= 15 is 0 Å². The Morgan fingerprint density at radius 3 is 2.62 bits per heavy atom. The van der Waals surface area contributed by atoms with Crippen LogP contribution >= 0.6 is 11.3 Å². The van der Waals surface area contributed by atoms with Crippen molar-refractivity contribution in [3.8, 4) is 0 Å². The van der Waals surface area contributed by atoms with E-state index in [-0.39, 0.29) is 0 Å². The van der Waals surface area contributed by atoms with E-state index < -0.39 is 0 Å². The van der Waals surface area contributed by atoms with Crippen molar-refractivity contribution in [2.45, 2.75) is 20.0 Å². The minimum atomic E-state index is 0.632. The number of rotatable bonds is 4. The van der Waals surface area contributed by atoms with E-state index in [1.807, 2.05) is 5.38 Å². The molecular formula is C12H15N3S. The number of hydrogen-bond donors (Lipinski definition) is 2. The summed E-state index contributed by atoms with van der Waals surface area (Å²) in [5, 5.41) is 5.95. The third-order valence-electron chi connectivity index (χ3n) is 2.33. The molecule has 2 rings (SSSR count). The van der Waals surface area contributed by atoms with Crippen LogP contribution in [0.15, 0.2) is 29.6 Å². The van der Waals surface area contributed by atoms with Crippen molar-refractivity contribution >= 4 is 16.5 Å². The van der Waals surface area contributed by atoms with E-state index in [0.29, 0.717) is 5.13 Å². The number of thiazole rings is 1. The molecule has 0 aliphatic rings. The Bertz CT molecular complexity index is 448. The molecule has 16 heavy (non-hydrogen) atoms. The molecule has 0 unspecified atom stereocenters. The monoisotopic (exact) mass is 233 g/mol. The third kappa shape index (κ3) is 3.05. The molecule has 4 heteroatoms. The summed E-state index contributed by atoms with van der Waals surface area (Å²) < 4.78 is 0. The molecule has 3 N–H and O–H groups in total. The number of aryl methyl sites for hydroxylation is 1. The van der Waals surface area contributed by atoms with E-state index in [0.717, 1.165) is 18.8 Å². The van der Waals surface area contributed by atoms with Gasteiger partial charge in [-0.1, -0.05) is 29.8 Å². The summed E-state index contributed by atoms with van der Waals surface area (Å²) in [5.74, 6) is 0. The van der Waals surface area contributed by atoms with Gasteiger partial charge in [-0.25, -0.2) is 4.98 Å². The lowest BCUT2D eigenvalue weighted by Gasteiger charge is -2.03. The van der Waals surface area contributed by atoms with Crippen LogP contribution in [0.2, 0.25) is 0 Å². The highest BCUT2D eigenvalue weighted by Gasteiger charge is 1.98. The molecule has 0 saturated carbocycles. The number of benzene rings is 1. The summed E-state index contributed by atoms with van der Waals surface area (Å²) in [7, 11) is 0. The van der Waals surface area contributed by atoms with Gasteiger partial charge in [-0.2, -0.15) is 0 Å². The van der Waals surface area contributed by atoms with Crippen LogP contribution in [0.3, 0.4) is 0 Å². The molecule has 0 aliphatic carbocycles. The van der Waals surface area contributed by atoms with E-state index in [4.69, 9.17) is 5.73 Å². The molecule has 0 atom stereocenters. The van der Waals surface area contributed by atoms with Gasteiger partial charge in [0.25, 0.3) is 0 Å². The van der Waals surface area contributed by atoms with Crippen LogP contribution in [-0.4, -0.2) is 4.98 Å². The van der Waals surface area contributed by atoms with Crippen molar-refractivity contribution in [1.29, 1.82) is 0 Å². The van der Waals surface area contributed by atoms with Gasteiger partial charge in [0.2, 0.25) is 0 Å². The van der Waals surface area contributed by atoms with Gasteiger partial charge < -0.3 is 11.1 Å². The molecule has 0 radical (unpaired) electrons. The fourth-order valence-electron chi connectivity index (χ4n) is 1.44. The van der Waals surface area contributed by atoms with Gasteiger partial charge in [0.15, 0.2) is 5.13 Å². The Morgan fingerprint density at radius 1 is 1.25 bits per heavy atom. The van der Waals surface area contributed by atoms with Gasteiger partial charge in [0.05, 0.1) is 5.69 Å². The van der Waals surface area contributed by atoms with E-state index in [9.17, 15) is 0 Å². The van der Waals surface area contributed by atoms with Crippen LogP contribution in [0.25, 0.3) is 0 Å². The summed E-state index contributed by atoms with van der Waals surface area (Å²) in [6.45, 7) is 3.72. The predicted molar refractivity (Wildman–Crippen MR) is 68.2 cm³/mol. The van der Waals surface area contributed by atoms with Crippen LogP contribution in [-0.2, 0) is 13.1 Å². The number of nitrogens with one attached hydrogen (secondary N) is 1. The smallest absolute Gasteiger partial charge is 0.180 e. The van der Waals surface area contributed by atoms with Crippen LogP contribution in [0.1, 0.15) is 16.8 Å². The molecular weight excluding hydrogens is 218 g/mol. The van der Waals surface area contributed by atoms with Gasteiger partial charge in [-0.05, 0) is 12.5 Å². The lowest BCUT2D eigenvalue weighted by Crippen LogP contribution is -2.12. The van der Waals surface area contributed by atoms with E-state index in [1.54, 1.807) is 0 Å². The minimum Gasteiger partial charge on any atom is -0.375 e. The van der Waals surface area contributed by atoms with Crippen molar-refractivity contribution in [3.05, 3.63) is 46.5 Å². The molecule has 0 aliphatic heterocycles. The molecule has 0 amide bonds.